The summed E-state index contributed by atoms with van der Waals surface area (Å²) in [5, 5.41) is 3.34. The van der Waals surface area contributed by atoms with Crippen molar-refractivity contribution in [2.75, 3.05) is 17.4 Å². The molecule has 9 heteroatoms. The number of amides is 2. The molecular weight excluding hydrogens is 534 g/mol. The van der Waals surface area contributed by atoms with Crippen LogP contribution >= 0.6 is 11.6 Å². The SMILES string of the molecule is CCCNC(=O)[C@H](CC)N(Cc1ccccc1Cl)C(=O)CN(c1cccc(C)c1C)S(=O)(=O)c1ccccc1. The maximum absolute atomic E-state index is 14.1. The molecule has 0 saturated carbocycles. The number of hydrogen-bond acceptors (Lipinski definition) is 4. The Kier molecular flexibility index (Phi) is 10.5. The molecule has 2 amide bonds. The Morgan fingerprint density at radius 2 is 1.59 bits per heavy atom. The fraction of sp³-hybridized carbons (Fsp3) is 0.333. The van der Waals surface area contributed by atoms with Crippen molar-refractivity contribution < 1.29 is 18.0 Å². The van der Waals surface area contributed by atoms with E-state index in [1.165, 1.54) is 17.0 Å². The van der Waals surface area contributed by atoms with E-state index in [1.54, 1.807) is 48.5 Å². The Labute approximate surface area is 236 Å². The van der Waals surface area contributed by atoms with E-state index < -0.39 is 28.5 Å². The van der Waals surface area contributed by atoms with Gasteiger partial charge in [0, 0.05) is 18.1 Å². The minimum atomic E-state index is -4.11. The van der Waals surface area contributed by atoms with Gasteiger partial charge in [-0.2, -0.15) is 0 Å². The maximum Gasteiger partial charge on any atom is 0.264 e. The fourth-order valence-electron chi connectivity index (χ4n) is 4.33. The minimum Gasteiger partial charge on any atom is -0.354 e. The van der Waals surface area contributed by atoms with Crippen molar-refractivity contribution in [1.29, 1.82) is 0 Å². The number of benzene rings is 3. The highest BCUT2D eigenvalue weighted by molar-refractivity contribution is 7.92. The molecule has 39 heavy (non-hydrogen) atoms. The summed E-state index contributed by atoms with van der Waals surface area (Å²) in [6.45, 7) is 7.54. The smallest absolute Gasteiger partial charge is 0.264 e. The van der Waals surface area contributed by atoms with Gasteiger partial charge in [-0.15, -0.1) is 0 Å². The molecule has 0 spiro atoms. The van der Waals surface area contributed by atoms with E-state index in [0.717, 1.165) is 21.9 Å². The normalized spacial score (nSPS) is 12.0. The van der Waals surface area contributed by atoms with Gasteiger partial charge in [0.1, 0.15) is 12.6 Å². The lowest BCUT2D eigenvalue weighted by Gasteiger charge is -2.34. The van der Waals surface area contributed by atoms with Crippen LogP contribution in [-0.2, 0) is 26.2 Å². The van der Waals surface area contributed by atoms with Gasteiger partial charge in [-0.25, -0.2) is 8.42 Å². The van der Waals surface area contributed by atoms with E-state index in [0.29, 0.717) is 29.2 Å². The molecule has 0 radical (unpaired) electrons. The summed E-state index contributed by atoms with van der Waals surface area (Å²) in [6.07, 6.45) is 1.09. The highest BCUT2D eigenvalue weighted by Gasteiger charge is 2.34. The van der Waals surface area contributed by atoms with Gasteiger partial charge in [-0.05, 0) is 67.6 Å². The summed E-state index contributed by atoms with van der Waals surface area (Å²) in [5.74, 6) is -0.794. The van der Waals surface area contributed by atoms with Crippen molar-refractivity contribution in [2.45, 2.75) is 58.0 Å². The molecular formula is C30H36ClN3O4S. The van der Waals surface area contributed by atoms with Crippen molar-refractivity contribution in [3.63, 3.8) is 0 Å². The zero-order valence-corrected chi connectivity index (χ0v) is 24.4. The summed E-state index contributed by atoms with van der Waals surface area (Å²) in [6, 6.07) is 19.7. The Hall–Kier alpha value is -3.36. The lowest BCUT2D eigenvalue weighted by atomic mass is 10.1. The van der Waals surface area contributed by atoms with Crippen LogP contribution in [0.2, 0.25) is 5.02 Å². The summed E-state index contributed by atoms with van der Waals surface area (Å²) in [4.78, 5) is 28.8. The number of nitrogens with zero attached hydrogens (tertiary/aromatic N) is 2. The summed E-state index contributed by atoms with van der Waals surface area (Å²) in [5.41, 5.74) is 2.72. The molecule has 1 atom stereocenters. The lowest BCUT2D eigenvalue weighted by molar-refractivity contribution is -0.140. The van der Waals surface area contributed by atoms with E-state index in [1.807, 2.05) is 39.8 Å². The van der Waals surface area contributed by atoms with Gasteiger partial charge in [0.15, 0.2) is 0 Å². The second-order valence-corrected chi connectivity index (χ2v) is 11.6. The van der Waals surface area contributed by atoms with Crippen molar-refractivity contribution in [2.24, 2.45) is 0 Å². The molecule has 3 rings (SSSR count). The predicted molar refractivity (Wildman–Crippen MR) is 156 cm³/mol. The number of aryl methyl sites for hydroxylation is 1. The molecule has 7 nitrogen and oxygen atoms in total. The molecule has 0 aliphatic rings. The molecule has 1 N–H and O–H groups in total. The number of carbonyl (C=O) groups excluding carboxylic acids is 2. The predicted octanol–water partition coefficient (Wildman–Crippen LogP) is 5.49. The topological polar surface area (TPSA) is 86.8 Å². The number of anilines is 1. The fourth-order valence-corrected chi connectivity index (χ4v) is 6.02. The third-order valence-electron chi connectivity index (χ3n) is 6.69. The van der Waals surface area contributed by atoms with Crippen molar-refractivity contribution >= 4 is 39.1 Å². The second kappa shape index (κ2) is 13.6. The third kappa shape index (κ3) is 7.19. The number of rotatable bonds is 12. The van der Waals surface area contributed by atoms with Crippen molar-refractivity contribution in [3.05, 3.63) is 94.5 Å². The summed E-state index contributed by atoms with van der Waals surface area (Å²) >= 11 is 6.43. The van der Waals surface area contributed by atoms with Gasteiger partial charge in [0.25, 0.3) is 10.0 Å². The van der Waals surface area contributed by atoms with E-state index in [2.05, 4.69) is 5.32 Å². The van der Waals surface area contributed by atoms with Gasteiger partial charge in [0.05, 0.1) is 10.6 Å². The zero-order valence-electron chi connectivity index (χ0n) is 22.9. The van der Waals surface area contributed by atoms with E-state index in [-0.39, 0.29) is 17.3 Å². The average molecular weight is 570 g/mol. The molecule has 0 unspecified atom stereocenters. The first-order valence-corrected chi connectivity index (χ1v) is 14.9. The van der Waals surface area contributed by atoms with Crippen LogP contribution in [0.25, 0.3) is 0 Å². The highest BCUT2D eigenvalue weighted by atomic mass is 35.5. The Morgan fingerprint density at radius 3 is 2.23 bits per heavy atom. The minimum absolute atomic E-state index is 0.0581. The Balaban J connectivity index is 2.09. The first kappa shape index (κ1) is 30.2. The molecule has 0 aliphatic carbocycles. The van der Waals surface area contributed by atoms with Crippen LogP contribution < -0.4 is 9.62 Å². The molecule has 0 saturated heterocycles. The molecule has 0 heterocycles. The molecule has 0 fully saturated rings. The number of sulfonamides is 1. The first-order chi connectivity index (χ1) is 18.6. The van der Waals surface area contributed by atoms with E-state index in [4.69, 9.17) is 11.6 Å². The Bertz CT molecular complexity index is 1400. The largest absolute Gasteiger partial charge is 0.354 e. The highest BCUT2D eigenvalue weighted by Crippen LogP contribution is 2.29. The molecule has 3 aromatic rings. The number of carbonyl (C=O) groups is 2. The number of halogens is 1. The van der Waals surface area contributed by atoms with E-state index in [9.17, 15) is 18.0 Å². The zero-order chi connectivity index (χ0) is 28.6. The molecule has 0 bridgehead atoms. The van der Waals surface area contributed by atoms with Gasteiger partial charge < -0.3 is 10.2 Å². The second-order valence-electron chi connectivity index (χ2n) is 9.37. The summed E-state index contributed by atoms with van der Waals surface area (Å²) < 4.78 is 29.0. The first-order valence-electron chi connectivity index (χ1n) is 13.1. The van der Waals surface area contributed by atoms with Crippen LogP contribution in [0.15, 0.2) is 77.7 Å². The van der Waals surface area contributed by atoms with Crippen LogP contribution in [0.1, 0.15) is 43.4 Å². The van der Waals surface area contributed by atoms with Crippen LogP contribution in [-0.4, -0.2) is 44.3 Å². The lowest BCUT2D eigenvalue weighted by Crippen LogP contribution is -2.52. The van der Waals surface area contributed by atoms with Crippen molar-refractivity contribution in [3.8, 4) is 0 Å². The summed E-state index contributed by atoms with van der Waals surface area (Å²) in [7, 11) is -4.11. The third-order valence-corrected chi connectivity index (χ3v) is 8.83. The quantitative estimate of drug-likeness (QED) is 0.313. The van der Waals surface area contributed by atoms with Crippen LogP contribution in [0.5, 0.6) is 0 Å². The molecule has 3 aromatic carbocycles. The average Bonchev–Trinajstić information content (AvgIpc) is 2.93. The van der Waals surface area contributed by atoms with Crippen LogP contribution in [0, 0.1) is 13.8 Å². The standard InChI is InChI=1S/C30H36ClN3O4S/c1-5-19-32-30(36)27(6-2)33(20-24-14-10-11-17-26(24)31)29(35)21-34(28-18-12-13-22(3)23(28)4)39(37,38)25-15-8-7-9-16-25/h7-18,27H,5-6,19-21H2,1-4H3,(H,32,36)/t27-/m0/s1. The van der Waals surface area contributed by atoms with Gasteiger partial charge >= 0.3 is 0 Å². The van der Waals surface area contributed by atoms with Crippen molar-refractivity contribution in [1.82, 2.24) is 10.2 Å². The maximum atomic E-state index is 14.1. The van der Waals surface area contributed by atoms with E-state index >= 15 is 0 Å². The van der Waals surface area contributed by atoms with Gasteiger partial charge in [-0.3, -0.25) is 13.9 Å². The van der Waals surface area contributed by atoms with Gasteiger partial charge in [0.2, 0.25) is 11.8 Å². The monoisotopic (exact) mass is 569 g/mol. The van der Waals surface area contributed by atoms with Crippen LogP contribution in [0.4, 0.5) is 5.69 Å². The van der Waals surface area contributed by atoms with Crippen LogP contribution in [0.3, 0.4) is 0 Å². The number of nitrogens with one attached hydrogen (secondary N) is 1. The van der Waals surface area contributed by atoms with Gasteiger partial charge in [-0.1, -0.05) is 74.0 Å². The molecule has 208 valence electrons. The molecule has 0 aliphatic heterocycles. The number of hydrogen-bond donors (Lipinski definition) is 1. The Morgan fingerprint density at radius 1 is 0.923 bits per heavy atom. The molecule has 0 aromatic heterocycles.